The van der Waals surface area contributed by atoms with Crippen molar-refractivity contribution < 1.29 is 19.5 Å². The Morgan fingerprint density at radius 2 is 1.71 bits per heavy atom. The maximum Gasteiger partial charge on any atom is 0.305 e. The van der Waals surface area contributed by atoms with Crippen LogP contribution in [0.25, 0.3) is 0 Å². The summed E-state index contributed by atoms with van der Waals surface area (Å²) in [5.41, 5.74) is 1.04. The zero-order chi connectivity index (χ0) is 18.5. The summed E-state index contributed by atoms with van der Waals surface area (Å²) < 4.78 is 0. The first-order chi connectivity index (χ1) is 11.0. The van der Waals surface area contributed by atoms with Crippen LogP contribution in [0.3, 0.4) is 0 Å². The van der Waals surface area contributed by atoms with Gasteiger partial charge in [0.05, 0.1) is 12.5 Å². The van der Waals surface area contributed by atoms with Crippen molar-refractivity contribution in [2.24, 2.45) is 5.41 Å². The number of carboxylic acid groups (broad SMARTS) is 1. The van der Waals surface area contributed by atoms with E-state index in [1.54, 1.807) is 39.8 Å². The third kappa shape index (κ3) is 5.68. The predicted octanol–water partition coefficient (Wildman–Crippen LogP) is 2.18. The fraction of sp³-hybridized carbons (Fsp3) is 0.500. The van der Waals surface area contributed by atoms with E-state index in [1.165, 1.54) is 0 Å². The van der Waals surface area contributed by atoms with Crippen molar-refractivity contribution >= 4 is 17.8 Å². The van der Waals surface area contributed by atoms with E-state index in [-0.39, 0.29) is 12.3 Å². The van der Waals surface area contributed by atoms with Gasteiger partial charge >= 0.3 is 5.97 Å². The minimum absolute atomic E-state index is 0.226. The molecule has 3 N–H and O–H groups in total. The molecule has 0 radical (unpaired) electrons. The molecule has 24 heavy (non-hydrogen) atoms. The molecule has 0 saturated carbocycles. The van der Waals surface area contributed by atoms with E-state index in [4.69, 9.17) is 5.11 Å². The number of carboxylic acids is 1. The Hall–Kier alpha value is -2.37. The highest BCUT2D eigenvalue weighted by Gasteiger charge is 2.27. The second-order valence-corrected chi connectivity index (χ2v) is 6.96. The number of carbonyl (C=O) groups excluding carboxylic acids is 2. The van der Waals surface area contributed by atoms with Gasteiger partial charge in [-0.1, -0.05) is 45.0 Å². The highest BCUT2D eigenvalue weighted by Crippen LogP contribution is 2.21. The Labute approximate surface area is 142 Å². The lowest BCUT2D eigenvalue weighted by Crippen LogP contribution is -2.49. The van der Waals surface area contributed by atoms with E-state index >= 15 is 0 Å². The van der Waals surface area contributed by atoms with Crippen LogP contribution in [0.15, 0.2) is 24.3 Å². The Morgan fingerprint density at radius 1 is 1.12 bits per heavy atom. The summed E-state index contributed by atoms with van der Waals surface area (Å²) in [5, 5.41) is 14.5. The summed E-state index contributed by atoms with van der Waals surface area (Å²) in [5.74, 6) is -1.66. The van der Waals surface area contributed by atoms with E-state index < -0.39 is 29.4 Å². The topological polar surface area (TPSA) is 95.5 Å². The zero-order valence-electron chi connectivity index (χ0n) is 14.8. The number of benzene rings is 1. The number of carbonyl (C=O) groups is 3. The van der Waals surface area contributed by atoms with Gasteiger partial charge in [0.2, 0.25) is 11.8 Å². The van der Waals surface area contributed by atoms with Crippen molar-refractivity contribution in [3.8, 4) is 0 Å². The van der Waals surface area contributed by atoms with Crippen LogP contribution in [0.2, 0.25) is 0 Å². The molecule has 0 spiro atoms. The molecule has 0 heterocycles. The summed E-state index contributed by atoms with van der Waals surface area (Å²) in [6.07, 6.45) is -0.226. The first-order valence-electron chi connectivity index (χ1n) is 7.91. The van der Waals surface area contributed by atoms with E-state index in [1.807, 2.05) is 19.1 Å². The smallest absolute Gasteiger partial charge is 0.305 e. The molecule has 2 amide bonds. The molecule has 0 bridgehead atoms. The van der Waals surface area contributed by atoms with Crippen LogP contribution in [0.4, 0.5) is 0 Å². The molecule has 0 aromatic heterocycles. The molecule has 2 atom stereocenters. The molecular formula is C18H26N2O4. The van der Waals surface area contributed by atoms with Gasteiger partial charge in [-0.25, -0.2) is 0 Å². The molecule has 0 aliphatic heterocycles. The Kier molecular flexibility index (Phi) is 6.51. The summed E-state index contributed by atoms with van der Waals surface area (Å²) in [6.45, 7) is 8.71. The highest BCUT2D eigenvalue weighted by molar-refractivity contribution is 5.89. The van der Waals surface area contributed by atoms with E-state index in [9.17, 15) is 14.4 Å². The molecule has 6 heteroatoms. The SMILES string of the molecule is Cc1ccccc1C(CC(=O)O)NC(=O)C(C)NC(=O)C(C)(C)C. The third-order valence-corrected chi connectivity index (χ3v) is 3.68. The van der Waals surface area contributed by atoms with Gasteiger partial charge in [-0.3, -0.25) is 14.4 Å². The van der Waals surface area contributed by atoms with Crippen molar-refractivity contribution in [1.29, 1.82) is 0 Å². The average Bonchev–Trinajstić information content (AvgIpc) is 2.45. The van der Waals surface area contributed by atoms with E-state index in [0.29, 0.717) is 0 Å². The van der Waals surface area contributed by atoms with E-state index in [2.05, 4.69) is 10.6 Å². The largest absolute Gasteiger partial charge is 0.481 e. The van der Waals surface area contributed by atoms with Crippen LogP contribution < -0.4 is 10.6 Å². The number of aliphatic carboxylic acids is 1. The number of rotatable bonds is 6. The van der Waals surface area contributed by atoms with Crippen molar-refractivity contribution in [2.75, 3.05) is 0 Å². The Balaban J connectivity index is 2.87. The molecule has 6 nitrogen and oxygen atoms in total. The first kappa shape index (κ1) is 19.7. The quantitative estimate of drug-likeness (QED) is 0.743. The molecule has 0 saturated heterocycles. The number of hydrogen-bond donors (Lipinski definition) is 3. The summed E-state index contributed by atoms with van der Waals surface area (Å²) in [6, 6.07) is 5.91. The maximum atomic E-state index is 12.4. The molecule has 2 unspecified atom stereocenters. The fourth-order valence-corrected chi connectivity index (χ4v) is 2.17. The molecule has 0 aliphatic rings. The lowest BCUT2D eigenvalue weighted by Gasteiger charge is -2.24. The number of hydrogen-bond acceptors (Lipinski definition) is 3. The number of nitrogens with one attached hydrogen (secondary N) is 2. The van der Waals surface area contributed by atoms with Crippen molar-refractivity contribution in [1.82, 2.24) is 10.6 Å². The predicted molar refractivity (Wildman–Crippen MR) is 91.4 cm³/mol. The normalized spacial score (nSPS) is 13.7. The van der Waals surface area contributed by atoms with Crippen LogP contribution in [-0.2, 0) is 14.4 Å². The monoisotopic (exact) mass is 334 g/mol. The summed E-state index contributed by atoms with van der Waals surface area (Å²) in [7, 11) is 0. The lowest BCUT2D eigenvalue weighted by atomic mass is 9.95. The third-order valence-electron chi connectivity index (χ3n) is 3.68. The molecule has 0 aliphatic carbocycles. The molecule has 1 aromatic rings. The molecule has 0 fully saturated rings. The first-order valence-corrected chi connectivity index (χ1v) is 7.91. The minimum atomic E-state index is -1.00. The van der Waals surface area contributed by atoms with Gasteiger partial charge in [-0.05, 0) is 25.0 Å². The average molecular weight is 334 g/mol. The summed E-state index contributed by atoms with van der Waals surface area (Å²) >= 11 is 0. The Bertz CT molecular complexity index is 620. The van der Waals surface area contributed by atoms with Gasteiger partial charge in [0, 0.05) is 5.41 Å². The standard InChI is InChI=1S/C18H26N2O4/c1-11-8-6-7-9-13(11)14(10-15(21)22)20-16(23)12(2)19-17(24)18(3,4)5/h6-9,12,14H,10H2,1-5H3,(H,19,24)(H,20,23)(H,21,22). The zero-order valence-corrected chi connectivity index (χ0v) is 14.8. The summed E-state index contributed by atoms with van der Waals surface area (Å²) in [4.78, 5) is 35.5. The van der Waals surface area contributed by atoms with E-state index in [0.717, 1.165) is 11.1 Å². The van der Waals surface area contributed by atoms with Crippen LogP contribution >= 0.6 is 0 Å². The van der Waals surface area contributed by atoms with Gasteiger partial charge in [0.15, 0.2) is 0 Å². The van der Waals surface area contributed by atoms with Gasteiger partial charge in [0.25, 0.3) is 0 Å². The number of aryl methyl sites for hydroxylation is 1. The van der Waals surface area contributed by atoms with Crippen LogP contribution in [0, 0.1) is 12.3 Å². The van der Waals surface area contributed by atoms with Crippen LogP contribution in [0.1, 0.15) is 51.3 Å². The molecular weight excluding hydrogens is 308 g/mol. The van der Waals surface area contributed by atoms with Crippen LogP contribution in [-0.4, -0.2) is 28.9 Å². The molecule has 1 rings (SSSR count). The Morgan fingerprint density at radius 3 is 2.21 bits per heavy atom. The van der Waals surface area contributed by atoms with Crippen molar-refractivity contribution in [3.05, 3.63) is 35.4 Å². The van der Waals surface area contributed by atoms with Gasteiger partial charge < -0.3 is 15.7 Å². The maximum absolute atomic E-state index is 12.4. The van der Waals surface area contributed by atoms with Gasteiger partial charge in [-0.15, -0.1) is 0 Å². The van der Waals surface area contributed by atoms with Gasteiger partial charge in [-0.2, -0.15) is 0 Å². The fourth-order valence-electron chi connectivity index (χ4n) is 2.17. The van der Waals surface area contributed by atoms with Crippen molar-refractivity contribution in [3.63, 3.8) is 0 Å². The van der Waals surface area contributed by atoms with Gasteiger partial charge in [0.1, 0.15) is 6.04 Å². The van der Waals surface area contributed by atoms with Crippen LogP contribution in [0.5, 0.6) is 0 Å². The van der Waals surface area contributed by atoms with Crippen molar-refractivity contribution in [2.45, 2.75) is 53.1 Å². The molecule has 1 aromatic carbocycles. The lowest BCUT2D eigenvalue weighted by molar-refractivity contribution is -0.138. The second kappa shape index (κ2) is 7.95. The second-order valence-electron chi connectivity index (χ2n) is 6.96. The highest BCUT2D eigenvalue weighted by atomic mass is 16.4. The molecule has 132 valence electrons. The minimum Gasteiger partial charge on any atom is -0.481 e. The number of amides is 2.